The molecule has 0 spiro atoms. The molecule has 0 saturated heterocycles. The SMILES string of the molecule is O=[N+]([O-])c1ccc(F)c(NCc2c(Cl)cccc2Cl)c1. The number of nitrogens with zero attached hydrogens (tertiary/aromatic N) is 1. The Morgan fingerprint density at radius 2 is 1.85 bits per heavy atom. The smallest absolute Gasteiger partial charge is 0.271 e. The molecule has 0 bridgehead atoms. The standard InChI is InChI=1S/C13H9Cl2FN2O2/c14-10-2-1-3-11(15)9(10)7-17-13-6-8(18(19)20)4-5-12(13)16/h1-6,17H,7H2. The highest BCUT2D eigenvalue weighted by Gasteiger charge is 2.12. The zero-order chi connectivity index (χ0) is 14.7. The fourth-order valence-corrected chi connectivity index (χ4v) is 2.18. The van der Waals surface area contributed by atoms with Gasteiger partial charge in [0.25, 0.3) is 5.69 Å². The van der Waals surface area contributed by atoms with Crippen molar-refractivity contribution in [2.45, 2.75) is 6.54 Å². The molecule has 20 heavy (non-hydrogen) atoms. The van der Waals surface area contributed by atoms with Gasteiger partial charge in [0.1, 0.15) is 5.82 Å². The minimum absolute atomic E-state index is 0.0233. The van der Waals surface area contributed by atoms with Gasteiger partial charge in [-0.25, -0.2) is 4.39 Å². The Bertz CT molecular complexity index is 645. The Kier molecular flexibility index (Phi) is 4.42. The quantitative estimate of drug-likeness (QED) is 0.660. The van der Waals surface area contributed by atoms with E-state index in [1.807, 2.05) is 0 Å². The van der Waals surface area contributed by atoms with Gasteiger partial charge in [0.15, 0.2) is 0 Å². The number of halogens is 3. The molecule has 2 aromatic carbocycles. The Balaban J connectivity index is 2.23. The van der Waals surface area contributed by atoms with Crippen LogP contribution < -0.4 is 5.32 Å². The normalized spacial score (nSPS) is 10.3. The van der Waals surface area contributed by atoms with Crippen molar-refractivity contribution in [1.82, 2.24) is 0 Å². The van der Waals surface area contributed by atoms with Crippen molar-refractivity contribution < 1.29 is 9.31 Å². The minimum atomic E-state index is -0.590. The maximum absolute atomic E-state index is 13.6. The van der Waals surface area contributed by atoms with Crippen LogP contribution in [0.25, 0.3) is 0 Å². The van der Waals surface area contributed by atoms with Crippen molar-refractivity contribution in [2.24, 2.45) is 0 Å². The van der Waals surface area contributed by atoms with Crippen molar-refractivity contribution in [2.75, 3.05) is 5.32 Å². The summed E-state index contributed by atoms with van der Waals surface area (Å²) in [5.74, 6) is -0.584. The van der Waals surface area contributed by atoms with Gasteiger partial charge in [-0.2, -0.15) is 0 Å². The summed E-state index contributed by atoms with van der Waals surface area (Å²) >= 11 is 12.0. The van der Waals surface area contributed by atoms with Crippen LogP contribution in [-0.4, -0.2) is 4.92 Å². The van der Waals surface area contributed by atoms with E-state index in [4.69, 9.17) is 23.2 Å². The summed E-state index contributed by atoms with van der Waals surface area (Å²) in [6, 6.07) is 8.28. The molecule has 0 aliphatic rings. The molecule has 7 heteroatoms. The van der Waals surface area contributed by atoms with Gasteiger partial charge in [-0.3, -0.25) is 10.1 Å². The second kappa shape index (κ2) is 6.07. The molecule has 0 unspecified atom stereocenters. The molecule has 1 N–H and O–H groups in total. The fourth-order valence-electron chi connectivity index (χ4n) is 1.65. The third-order valence-corrected chi connectivity index (χ3v) is 3.39. The van der Waals surface area contributed by atoms with Crippen LogP contribution in [-0.2, 0) is 6.54 Å². The largest absolute Gasteiger partial charge is 0.378 e. The van der Waals surface area contributed by atoms with Gasteiger partial charge < -0.3 is 5.32 Å². The van der Waals surface area contributed by atoms with E-state index in [2.05, 4.69) is 5.32 Å². The number of nitro benzene ring substituents is 1. The second-order valence-electron chi connectivity index (χ2n) is 3.98. The highest BCUT2D eigenvalue weighted by molar-refractivity contribution is 6.36. The third-order valence-electron chi connectivity index (χ3n) is 2.68. The van der Waals surface area contributed by atoms with Crippen molar-refractivity contribution in [3.63, 3.8) is 0 Å². The number of rotatable bonds is 4. The molecular formula is C13H9Cl2FN2O2. The number of non-ortho nitro benzene ring substituents is 1. The minimum Gasteiger partial charge on any atom is -0.378 e. The van der Waals surface area contributed by atoms with E-state index in [1.165, 1.54) is 0 Å². The van der Waals surface area contributed by atoms with Crippen molar-refractivity contribution in [3.8, 4) is 0 Å². The molecule has 4 nitrogen and oxygen atoms in total. The fraction of sp³-hybridized carbons (Fsp3) is 0.0769. The predicted octanol–water partition coefficient (Wildman–Crippen LogP) is 4.65. The molecule has 0 atom stereocenters. The molecule has 0 fully saturated rings. The zero-order valence-corrected chi connectivity index (χ0v) is 11.6. The van der Waals surface area contributed by atoms with Crippen molar-refractivity contribution >= 4 is 34.6 Å². The number of benzene rings is 2. The number of anilines is 1. The maximum atomic E-state index is 13.6. The number of nitro groups is 1. The summed E-state index contributed by atoms with van der Waals surface area (Å²) in [7, 11) is 0. The molecule has 2 rings (SSSR count). The molecule has 2 aromatic rings. The first kappa shape index (κ1) is 14.6. The van der Waals surface area contributed by atoms with Gasteiger partial charge >= 0.3 is 0 Å². The average Bonchev–Trinajstić information content (AvgIpc) is 2.39. The first-order chi connectivity index (χ1) is 9.49. The van der Waals surface area contributed by atoms with E-state index in [-0.39, 0.29) is 17.9 Å². The van der Waals surface area contributed by atoms with E-state index in [1.54, 1.807) is 18.2 Å². The van der Waals surface area contributed by atoms with E-state index in [9.17, 15) is 14.5 Å². The lowest BCUT2D eigenvalue weighted by Crippen LogP contribution is -2.03. The second-order valence-corrected chi connectivity index (χ2v) is 4.79. The van der Waals surface area contributed by atoms with Gasteiger partial charge in [0.2, 0.25) is 0 Å². The molecule has 104 valence electrons. The van der Waals surface area contributed by atoms with Gasteiger partial charge in [0.05, 0.1) is 10.6 Å². The lowest BCUT2D eigenvalue weighted by Gasteiger charge is -2.10. The highest BCUT2D eigenvalue weighted by atomic mass is 35.5. The average molecular weight is 315 g/mol. The number of hydrogen-bond donors (Lipinski definition) is 1. The lowest BCUT2D eigenvalue weighted by atomic mass is 10.2. The van der Waals surface area contributed by atoms with Crippen molar-refractivity contribution in [3.05, 3.63) is 67.9 Å². The molecule has 0 radical (unpaired) electrons. The van der Waals surface area contributed by atoms with E-state index >= 15 is 0 Å². The van der Waals surface area contributed by atoms with Crippen LogP contribution in [0, 0.1) is 15.9 Å². The molecular weight excluding hydrogens is 306 g/mol. The third kappa shape index (κ3) is 3.18. The first-order valence-electron chi connectivity index (χ1n) is 5.59. The number of nitrogens with one attached hydrogen (secondary N) is 1. The zero-order valence-electron chi connectivity index (χ0n) is 10.1. The van der Waals surface area contributed by atoms with Gasteiger partial charge in [-0.05, 0) is 18.2 Å². The molecule has 0 saturated carbocycles. The summed E-state index contributed by atoms with van der Waals surface area (Å²) in [6.45, 7) is 0.163. The predicted molar refractivity (Wildman–Crippen MR) is 76.8 cm³/mol. The first-order valence-corrected chi connectivity index (χ1v) is 6.35. The Morgan fingerprint density at radius 3 is 2.45 bits per heavy atom. The van der Waals surface area contributed by atoms with E-state index in [0.717, 1.165) is 18.2 Å². The van der Waals surface area contributed by atoms with Gasteiger partial charge in [0, 0.05) is 34.3 Å². The Hall–Kier alpha value is -1.85. The van der Waals surface area contributed by atoms with E-state index in [0.29, 0.717) is 15.6 Å². The van der Waals surface area contributed by atoms with Crippen LogP contribution in [0.4, 0.5) is 15.8 Å². The van der Waals surface area contributed by atoms with Crippen LogP contribution in [0.3, 0.4) is 0 Å². The van der Waals surface area contributed by atoms with Crippen LogP contribution in [0.2, 0.25) is 10.0 Å². The maximum Gasteiger partial charge on any atom is 0.271 e. The van der Waals surface area contributed by atoms with Crippen molar-refractivity contribution in [1.29, 1.82) is 0 Å². The number of hydrogen-bond acceptors (Lipinski definition) is 3. The summed E-state index contributed by atoms with van der Waals surface area (Å²) in [5.41, 5.74) is 0.427. The van der Waals surface area contributed by atoms with Crippen LogP contribution in [0.1, 0.15) is 5.56 Å². The monoisotopic (exact) mass is 314 g/mol. The van der Waals surface area contributed by atoms with Gasteiger partial charge in [-0.15, -0.1) is 0 Å². The molecule has 0 aliphatic heterocycles. The summed E-state index contributed by atoms with van der Waals surface area (Å²) in [6.07, 6.45) is 0. The van der Waals surface area contributed by atoms with E-state index < -0.39 is 10.7 Å². The molecule has 0 amide bonds. The van der Waals surface area contributed by atoms with Crippen LogP contribution in [0.5, 0.6) is 0 Å². The van der Waals surface area contributed by atoms with Crippen LogP contribution in [0.15, 0.2) is 36.4 Å². The highest BCUT2D eigenvalue weighted by Crippen LogP contribution is 2.27. The Labute approximate surface area is 124 Å². The summed E-state index contributed by atoms with van der Waals surface area (Å²) in [5, 5.41) is 14.3. The summed E-state index contributed by atoms with van der Waals surface area (Å²) < 4.78 is 13.6. The topological polar surface area (TPSA) is 55.2 Å². The summed E-state index contributed by atoms with van der Waals surface area (Å²) in [4.78, 5) is 10.1. The van der Waals surface area contributed by atoms with Crippen LogP contribution >= 0.6 is 23.2 Å². The van der Waals surface area contributed by atoms with Gasteiger partial charge in [-0.1, -0.05) is 29.3 Å². The molecule has 0 aromatic heterocycles. The molecule has 0 heterocycles. The Morgan fingerprint density at radius 1 is 1.20 bits per heavy atom. The lowest BCUT2D eigenvalue weighted by molar-refractivity contribution is -0.384. The molecule has 0 aliphatic carbocycles.